The molecule has 2 amide bonds. The van der Waals surface area contributed by atoms with Crippen LogP contribution in [0, 0.1) is 0 Å². The Morgan fingerprint density at radius 2 is 1.88 bits per heavy atom. The summed E-state index contributed by atoms with van der Waals surface area (Å²) >= 11 is 0. The van der Waals surface area contributed by atoms with Gasteiger partial charge in [0.1, 0.15) is 11.2 Å². The van der Waals surface area contributed by atoms with Crippen molar-refractivity contribution in [2.75, 3.05) is 18.0 Å². The molecule has 0 N–H and O–H groups in total. The number of anilines is 1. The summed E-state index contributed by atoms with van der Waals surface area (Å²) in [6.45, 7) is 1.40. The van der Waals surface area contributed by atoms with Gasteiger partial charge in [0.2, 0.25) is 12.3 Å². The second kappa shape index (κ2) is 10.1. The van der Waals surface area contributed by atoms with Gasteiger partial charge in [-0.3, -0.25) is 19.5 Å². The van der Waals surface area contributed by atoms with Crippen molar-refractivity contribution >= 4 is 29.1 Å². The Kier molecular flexibility index (Phi) is 6.03. The van der Waals surface area contributed by atoms with E-state index in [-0.39, 0.29) is 30.1 Å². The maximum atomic E-state index is 13.8. The first-order valence-electron chi connectivity index (χ1n) is 14.5. The number of rotatable bonds is 8. The van der Waals surface area contributed by atoms with E-state index in [2.05, 4.69) is 42.4 Å². The number of aromatic nitrogens is 6. The van der Waals surface area contributed by atoms with Crippen LogP contribution in [0.2, 0.25) is 0 Å². The molecule has 5 aromatic rings. The summed E-state index contributed by atoms with van der Waals surface area (Å²) in [4.78, 5) is 42.0. The van der Waals surface area contributed by atoms with Crippen molar-refractivity contribution < 1.29 is 14.0 Å². The highest BCUT2D eigenvalue weighted by atomic mass is 16.3. The molecule has 4 fully saturated rings. The second-order valence-corrected chi connectivity index (χ2v) is 11.5. The second-order valence-electron chi connectivity index (χ2n) is 11.5. The molecule has 6 heterocycles. The van der Waals surface area contributed by atoms with Crippen LogP contribution in [0.5, 0.6) is 0 Å². The van der Waals surface area contributed by atoms with Gasteiger partial charge in [-0.15, -0.1) is 10.2 Å². The third kappa shape index (κ3) is 4.54. The number of oxazole rings is 1. The first-order chi connectivity index (χ1) is 21.1. The Labute approximate surface area is 246 Å². The van der Waals surface area contributed by atoms with Crippen molar-refractivity contribution in [2.45, 2.75) is 43.4 Å². The minimum atomic E-state index is -0.138. The highest BCUT2D eigenvalue weighted by Crippen LogP contribution is 2.39. The largest absolute Gasteiger partial charge is 0.436 e. The molecule has 3 saturated heterocycles. The smallest absolute Gasteiger partial charge is 0.273 e. The van der Waals surface area contributed by atoms with E-state index in [1.165, 1.54) is 4.80 Å². The molecule has 0 radical (unpaired) electrons. The number of carbonyl (C=O) groups excluding carboxylic acids is 2. The molecule has 2 bridgehead atoms. The normalized spacial score (nSPS) is 20.5. The lowest BCUT2D eigenvalue weighted by Crippen LogP contribution is -2.70. The number of fused-ring (bicyclic) bond motifs is 3. The molecule has 3 aliphatic heterocycles. The van der Waals surface area contributed by atoms with Gasteiger partial charge in [0, 0.05) is 48.7 Å². The number of carbonyl (C=O) groups is 2. The number of hydrogen-bond acceptors (Lipinski definition) is 9. The minimum absolute atomic E-state index is 0.0644. The van der Waals surface area contributed by atoms with Crippen molar-refractivity contribution in [3.05, 3.63) is 83.9 Å². The van der Waals surface area contributed by atoms with Crippen LogP contribution in [0.15, 0.2) is 71.3 Å². The standard InChI is InChI=1S/C31H29N9O3/c1-37-35-29(34-36-37)28(19-5-3-2-4-6-19)38-16-23-14-24(17-38)40(23)31(42)26-13-20(11-12-32-26)30-33-25-15-22(9-10-27(25)43-30)39(18-41)21-7-8-21/h2-6,9-13,15,18,21,23-24,28H,7-8,14,16-17H2,1H3. The molecule has 3 aromatic heterocycles. The monoisotopic (exact) mass is 575 g/mol. The number of tetrazole rings is 1. The molecule has 4 aliphatic rings. The Morgan fingerprint density at radius 1 is 1.07 bits per heavy atom. The number of amides is 2. The number of aryl methyl sites for hydroxylation is 1. The van der Waals surface area contributed by atoms with Crippen LogP contribution in [0.25, 0.3) is 22.6 Å². The average Bonchev–Trinajstić information content (AvgIpc) is 3.63. The van der Waals surface area contributed by atoms with E-state index in [0.717, 1.165) is 36.9 Å². The molecule has 43 heavy (non-hydrogen) atoms. The summed E-state index contributed by atoms with van der Waals surface area (Å²) < 4.78 is 6.04. The van der Waals surface area contributed by atoms with Crippen molar-refractivity contribution in [3.63, 3.8) is 0 Å². The molecule has 1 saturated carbocycles. The summed E-state index contributed by atoms with van der Waals surface area (Å²) in [7, 11) is 1.77. The Hall–Kier alpha value is -4.97. The molecule has 3 atom stereocenters. The van der Waals surface area contributed by atoms with Gasteiger partial charge >= 0.3 is 0 Å². The lowest BCUT2D eigenvalue weighted by Gasteiger charge is -2.57. The quantitative estimate of drug-likeness (QED) is 0.256. The van der Waals surface area contributed by atoms with Crippen LogP contribution in [0.1, 0.15) is 47.2 Å². The Morgan fingerprint density at radius 3 is 2.60 bits per heavy atom. The first kappa shape index (κ1) is 25.7. The number of hydrogen-bond donors (Lipinski definition) is 0. The zero-order chi connectivity index (χ0) is 29.1. The van der Waals surface area contributed by atoms with Crippen molar-refractivity contribution in [2.24, 2.45) is 7.05 Å². The molecule has 1 aliphatic carbocycles. The van der Waals surface area contributed by atoms with Crippen molar-refractivity contribution in [1.82, 2.24) is 40.0 Å². The van der Waals surface area contributed by atoms with E-state index in [1.54, 1.807) is 30.3 Å². The fourth-order valence-electron chi connectivity index (χ4n) is 6.47. The van der Waals surface area contributed by atoms with Gasteiger partial charge in [-0.05, 0) is 60.4 Å². The summed E-state index contributed by atoms with van der Waals surface area (Å²) in [5.74, 6) is 0.963. The fourth-order valence-corrected chi connectivity index (χ4v) is 6.47. The third-order valence-corrected chi connectivity index (χ3v) is 8.65. The SMILES string of the molecule is Cn1nnc(C(c2ccccc2)N2CC3CC(C2)N3C(=O)c2cc(-c3nc4cc(N(C=O)C5CC5)ccc4o3)ccn2)n1. The average molecular weight is 576 g/mol. The maximum Gasteiger partial charge on any atom is 0.273 e. The number of piperidine rings is 1. The van der Waals surface area contributed by atoms with Gasteiger partial charge in [-0.25, -0.2) is 4.98 Å². The molecular formula is C31H29N9O3. The number of benzene rings is 2. The lowest BCUT2D eigenvalue weighted by molar-refractivity contribution is -0.107. The van der Waals surface area contributed by atoms with Crippen molar-refractivity contribution in [1.29, 1.82) is 0 Å². The number of pyridine rings is 1. The van der Waals surface area contributed by atoms with Gasteiger partial charge in [0.05, 0.1) is 13.1 Å². The van der Waals surface area contributed by atoms with Crippen LogP contribution in [0.4, 0.5) is 5.69 Å². The minimum Gasteiger partial charge on any atom is -0.436 e. The predicted octanol–water partition coefficient (Wildman–Crippen LogP) is 3.23. The lowest BCUT2D eigenvalue weighted by atomic mass is 9.85. The molecule has 12 nitrogen and oxygen atoms in total. The van der Waals surface area contributed by atoms with Gasteiger partial charge in [0.15, 0.2) is 11.4 Å². The van der Waals surface area contributed by atoms with E-state index in [1.807, 2.05) is 41.3 Å². The molecule has 216 valence electrons. The van der Waals surface area contributed by atoms with Crippen LogP contribution < -0.4 is 4.90 Å². The molecule has 2 aromatic carbocycles. The summed E-state index contributed by atoms with van der Waals surface area (Å²) in [5, 5.41) is 12.9. The number of piperazine rings is 1. The van der Waals surface area contributed by atoms with Gasteiger partial charge in [0.25, 0.3) is 5.91 Å². The van der Waals surface area contributed by atoms with Crippen LogP contribution >= 0.6 is 0 Å². The zero-order valence-electron chi connectivity index (χ0n) is 23.5. The van der Waals surface area contributed by atoms with E-state index < -0.39 is 0 Å². The Balaban J connectivity index is 1.02. The molecule has 9 rings (SSSR count). The molecular weight excluding hydrogens is 546 g/mol. The summed E-state index contributed by atoms with van der Waals surface area (Å²) in [5.41, 5.74) is 4.22. The van der Waals surface area contributed by atoms with Gasteiger partial charge in [-0.2, -0.15) is 4.80 Å². The summed E-state index contributed by atoms with van der Waals surface area (Å²) in [6, 6.07) is 19.6. The van der Waals surface area contributed by atoms with E-state index in [9.17, 15) is 9.59 Å². The van der Waals surface area contributed by atoms with Crippen LogP contribution in [0.3, 0.4) is 0 Å². The van der Waals surface area contributed by atoms with Gasteiger partial charge < -0.3 is 14.2 Å². The maximum absolute atomic E-state index is 13.8. The molecule has 0 spiro atoms. The highest BCUT2D eigenvalue weighted by Gasteiger charge is 2.49. The van der Waals surface area contributed by atoms with Gasteiger partial charge in [-0.1, -0.05) is 30.3 Å². The fraction of sp³-hybridized carbons (Fsp3) is 0.323. The van der Waals surface area contributed by atoms with E-state index in [0.29, 0.717) is 47.2 Å². The van der Waals surface area contributed by atoms with Crippen molar-refractivity contribution in [3.8, 4) is 11.5 Å². The first-order valence-corrected chi connectivity index (χ1v) is 14.5. The number of nitrogens with zero attached hydrogens (tertiary/aromatic N) is 9. The topological polar surface area (TPSA) is 126 Å². The van der Waals surface area contributed by atoms with Crippen LogP contribution in [-0.4, -0.2) is 83.5 Å². The highest BCUT2D eigenvalue weighted by molar-refractivity contribution is 5.94. The molecule has 12 heteroatoms. The summed E-state index contributed by atoms with van der Waals surface area (Å²) in [6.07, 6.45) is 5.47. The Bertz CT molecular complexity index is 1820. The predicted molar refractivity (Wildman–Crippen MR) is 156 cm³/mol. The van der Waals surface area contributed by atoms with E-state index in [4.69, 9.17) is 4.42 Å². The van der Waals surface area contributed by atoms with E-state index >= 15 is 0 Å². The zero-order valence-corrected chi connectivity index (χ0v) is 23.5. The third-order valence-electron chi connectivity index (χ3n) is 8.65. The van der Waals surface area contributed by atoms with Crippen LogP contribution in [-0.2, 0) is 11.8 Å². The molecule has 3 unspecified atom stereocenters.